The van der Waals surface area contributed by atoms with E-state index in [0.29, 0.717) is 19.7 Å². The summed E-state index contributed by atoms with van der Waals surface area (Å²) in [7, 11) is 1.69. The molecule has 0 aliphatic carbocycles. The Bertz CT molecular complexity index is 644. The Labute approximate surface area is 143 Å². The maximum absolute atomic E-state index is 12.5. The molecule has 0 spiro atoms. The van der Waals surface area contributed by atoms with Crippen LogP contribution >= 0.6 is 0 Å². The van der Waals surface area contributed by atoms with Crippen LogP contribution in [0.4, 0.5) is 0 Å². The minimum absolute atomic E-state index is 0.0263. The number of benzene rings is 2. The highest BCUT2D eigenvalue weighted by Crippen LogP contribution is 2.30. The fraction of sp³-hybridized carbons (Fsp3) is 0.350. The fourth-order valence-electron chi connectivity index (χ4n) is 3.19. The second-order valence-electron chi connectivity index (χ2n) is 6.12. The maximum atomic E-state index is 12.5. The first-order valence-corrected chi connectivity index (χ1v) is 8.25. The molecular weight excluding hydrogens is 302 g/mol. The number of hydrogen-bond donors (Lipinski definition) is 0. The molecule has 1 fully saturated rings. The Morgan fingerprint density at radius 3 is 2.42 bits per heavy atom. The number of methoxy groups -OCH3 is 1. The summed E-state index contributed by atoms with van der Waals surface area (Å²) >= 11 is 0. The van der Waals surface area contributed by atoms with E-state index >= 15 is 0 Å². The van der Waals surface area contributed by atoms with Crippen molar-refractivity contribution in [1.29, 1.82) is 0 Å². The van der Waals surface area contributed by atoms with Crippen LogP contribution in [0.2, 0.25) is 0 Å². The van der Waals surface area contributed by atoms with Crippen molar-refractivity contribution in [1.82, 2.24) is 4.90 Å². The Balaban J connectivity index is 1.80. The number of ether oxygens (including phenoxy) is 2. The summed E-state index contributed by atoms with van der Waals surface area (Å²) in [4.78, 5) is 14.4. The van der Waals surface area contributed by atoms with E-state index in [2.05, 4.69) is 0 Å². The zero-order valence-electron chi connectivity index (χ0n) is 13.9. The van der Waals surface area contributed by atoms with Crippen molar-refractivity contribution < 1.29 is 14.3 Å². The van der Waals surface area contributed by atoms with Crippen LogP contribution in [0.5, 0.6) is 0 Å². The molecule has 1 saturated heterocycles. The highest BCUT2D eigenvalue weighted by atomic mass is 16.5. The van der Waals surface area contributed by atoms with Crippen LogP contribution in [0, 0.1) is 5.92 Å². The third-order valence-corrected chi connectivity index (χ3v) is 4.35. The number of hydrogen-bond acceptors (Lipinski definition) is 3. The maximum Gasteiger partial charge on any atom is 0.248 e. The van der Waals surface area contributed by atoms with Crippen LogP contribution in [-0.4, -0.2) is 37.7 Å². The van der Waals surface area contributed by atoms with Gasteiger partial charge in [0.05, 0.1) is 12.7 Å². The normalized spacial score (nSPS) is 21.5. The van der Waals surface area contributed by atoms with Gasteiger partial charge in [-0.15, -0.1) is 0 Å². The highest BCUT2D eigenvalue weighted by molar-refractivity contribution is 5.77. The van der Waals surface area contributed by atoms with Crippen molar-refractivity contribution >= 4 is 5.91 Å². The van der Waals surface area contributed by atoms with Crippen LogP contribution in [0.1, 0.15) is 17.2 Å². The zero-order chi connectivity index (χ0) is 16.8. The molecule has 1 heterocycles. The predicted molar refractivity (Wildman–Crippen MR) is 92.4 cm³/mol. The first-order valence-electron chi connectivity index (χ1n) is 8.25. The molecule has 0 N–H and O–H groups in total. The molecule has 4 nitrogen and oxygen atoms in total. The summed E-state index contributed by atoms with van der Waals surface area (Å²) in [6, 6.07) is 20.1. The van der Waals surface area contributed by atoms with Gasteiger partial charge in [-0.3, -0.25) is 4.79 Å². The van der Waals surface area contributed by atoms with Gasteiger partial charge in [0.2, 0.25) is 5.91 Å². The monoisotopic (exact) mass is 325 g/mol. The first kappa shape index (κ1) is 16.7. The van der Waals surface area contributed by atoms with Crippen LogP contribution in [0.3, 0.4) is 0 Å². The van der Waals surface area contributed by atoms with Gasteiger partial charge in [-0.2, -0.15) is 0 Å². The van der Waals surface area contributed by atoms with E-state index in [1.165, 1.54) is 0 Å². The number of carbonyl (C=O) groups is 1. The number of amides is 1. The van der Waals surface area contributed by atoms with Gasteiger partial charge in [0, 0.05) is 26.1 Å². The minimum Gasteiger partial charge on any atom is -0.384 e. The number of nitrogens with zero attached hydrogens (tertiary/aromatic N) is 1. The van der Waals surface area contributed by atoms with Gasteiger partial charge in [-0.05, 0) is 11.1 Å². The van der Waals surface area contributed by atoms with Gasteiger partial charge >= 0.3 is 0 Å². The fourth-order valence-corrected chi connectivity index (χ4v) is 3.19. The SMILES string of the molecule is COC[C@H]1CN(Cc2ccccc2)C(=O)COC1c1ccccc1. The van der Waals surface area contributed by atoms with Gasteiger partial charge in [0.15, 0.2) is 0 Å². The highest BCUT2D eigenvalue weighted by Gasteiger charge is 2.32. The molecule has 24 heavy (non-hydrogen) atoms. The van der Waals surface area contributed by atoms with Crippen molar-refractivity contribution in [2.24, 2.45) is 5.92 Å². The first-order chi connectivity index (χ1) is 11.8. The number of carbonyl (C=O) groups excluding carboxylic acids is 1. The molecule has 1 aliphatic rings. The third kappa shape index (κ3) is 4.02. The van der Waals surface area contributed by atoms with E-state index < -0.39 is 0 Å². The molecular formula is C20H23NO3. The molecule has 0 aromatic heterocycles. The van der Waals surface area contributed by atoms with E-state index in [9.17, 15) is 4.79 Å². The lowest BCUT2D eigenvalue weighted by Gasteiger charge is -2.27. The third-order valence-electron chi connectivity index (χ3n) is 4.35. The van der Waals surface area contributed by atoms with Crippen LogP contribution in [0.25, 0.3) is 0 Å². The summed E-state index contributed by atoms with van der Waals surface area (Å²) in [6.07, 6.45) is -0.129. The average Bonchev–Trinajstić information content (AvgIpc) is 2.77. The topological polar surface area (TPSA) is 38.8 Å². The van der Waals surface area contributed by atoms with Crippen molar-refractivity contribution in [3.05, 3.63) is 71.8 Å². The van der Waals surface area contributed by atoms with E-state index in [4.69, 9.17) is 9.47 Å². The van der Waals surface area contributed by atoms with Gasteiger partial charge < -0.3 is 14.4 Å². The standard InChI is InChI=1S/C20H23NO3/c1-23-14-18-13-21(12-16-8-4-2-5-9-16)19(22)15-24-20(18)17-10-6-3-7-11-17/h2-11,18,20H,12-15H2,1H3/t18-,20?/m1/s1. The van der Waals surface area contributed by atoms with Gasteiger partial charge in [0.1, 0.15) is 6.61 Å². The lowest BCUT2D eigenvalue weighted by molar-refractivity contribution is -0.135. The van der Waals surface area contributed by atoms with Gasteiger partial charge in [0.25, 0.3) is 0 Å². The summed E-state index contributed by atoms with van der Waals surface area (Å²) in [5.41, 5.74) is 2.22. The van der Waals surface area contributed by atoms with E-state index in [1.807, 2.05) is 65.6 Å². The molecule has 0 saturated carbocycles. The van der Waals surface area contributed by atoms with E-state index in [0.717, 1.165) is 11.1 Å². The molecule has 1 unspecified atom stereocenters. The molecule has 2 atom stereocenters. The Morgan fingerprint density at radius 2 is 1.75 bits per heavy atom. The minimum atomic E-state index is -0.129. The molecule has 1 amide bonds. The van der Waals surface area contributed by atoms with Crippen LogP contribution in [-0.2, 0) is 20.8 Å². The second-order valence-corrected chi connectivity index (χ2v) is 6.12. The van der Waals surface area contributed by atoms with Crippen molar-refractivity contribution in [2.45, 2.75) is 12.6 Å². The molecule has 0 bridgehead atoms. The van der Waals surface area contributed by atoms with Crippen LogP contribution < -0.4 is 0 Å². The van der Waals surface area contributed by atoms with Crippen molar-refractivity contribution in [2.75, 3.05) is 26.9 Å². The Morgan fingerprint density at radius 1 is 1.08 bits per heavy atom. The van der Waals surface area contributed by atoms with Gasteiger partial charge in [-0.25, -0.2) is 0 Å². The Kier molecular flexibility index (Phi) is 5.62. The predicted octanol–water partition coefficient (Wildman–Crippen LogP) is 3.05. The summed E-state index contributed by atoms with van der Waals surface area (Å²) in [6.45, 7) is 1.89. The van der Waals surface area contributed by atoms with Gasteiger partial charge in [-0.1, -0.05) is 60.7 Å². The van der Waals surface area contributed by atoms with E-state index in [-0.39, 0.29) is 24.5 Å². The number of rotatable bonds is 5. The lowest BCUT2D eigenvalue weighted by Crippen LogP contribution is -2.35. The second kappa shape index (κ2) is 8.08. The molecule has 2 aromatic carbocycles. The average molecular weight is 325 g/mol. The van der Waals surface area contributed by atoms with Crippen molar-refractivity contribution in [3.8, 4) is 0 Å². The molecule has 126 valence electrons. The van der Waals surface area contributed by atoms with Crippen LogP contribution in [0.15, 0.2) is 60.7 Å². The summed E-state index contributed by atoms with van der Waals surface area (Å²) in [5, 5.41) is 0. The molecule has 1 aliphatic heterocycles. The largest absolute Gasteiger partial charge is 0.384 e. The molecule has 4 heteroatoms. The zero-order valence-corrected chi connectivity index (χ0v) is 13.9. The quantitative estimate of drug-likeness (QED) is 0.848. The molecule has 0 radical (unpaired) electrons. The lowest BCUT2D eigenvalue weighted by atomic mass is 9.95. The van der Waals surface area contributed by atoms with Crippen molar-refractivity contribution in [3.63, 3.8) is 0 Å². The molecule has 3 rings (SSSR count). The Hall–Kier alpha value is -2.17. The summed E-state index contributed by atoms with van der Waals surface area (Å²) in [5.74, 6) is 0.131. The smallest absolute Gasteiger partial charge is 0.248 e. The molecule has 2 aromatic rings. The summed E-state index contributed by atoms with van der Waals surface area (Å²) < 4.78 is 11.4. The van der Waals surface area contributed by atoms with E-state index in [1.54, 1.807) is 7.11 Å².